The molecule has 0 saturated heterocycles. The van der Waals surface area contributed by atoms with E-state index in [9.17, 15) is 4.79 Å². The molecule has 6 nitrogen and oxygen atoms in total. The van der Waals surface area contributed by atoms with Gasteiger partial charge in [0.1, 0.15) is 6.54 Å². The van der Waals surface area contributed by atoms with Crippen LogP contribution in [-0.4, -0.2) is 31.3 Å². The molecule has 1 aromatic carbocycles. The van der Waals surface area contributed by atoms with Crippen molar-refractivity contribution in [1.82, 2.24) is 20.2 Å². The zero-order valence-corrected chi connectivity index (χ0v) is 9.85. The molecule has 0 saturated carbocycles. The van der Waals surface area contributed by atoms with Gasteiger partial charge in [-0.25, -0.2) is 4.68 Å². The summed E-state index contributed by atoms with van der Waals surface area (Å²) in [6, 6.07) is 4.80. The van der Waals surface area contributed by atoms with E-state index in [1.54, 1.807) is 12.1 Å². The number of nitrogens with zero attached hydrogens (tertiary/aromatic N) is 4. The average Bonchev–Trinajstić information content (AvgIpc) is 2.65. The molecule has 0 aliphatic rings. The van der Waals surface area contributed by atoms with Crippen molar-refractivity contribution in [3.05, 3.63) is 28.2 Å². The van der Waals surface area contributed by atoms with Gasteiger partial charge in [0.05, 0.1) is 5.02 Å². The first kappa shape index (κ1) is 11.8. The van der Waals surface area contributed by atoms with Crippen LogP contribution >= 0.6 is 23.2 Å². The molecule has 0 aliphatic heterocycles. The van der Waals surface area contributed by atoms with Gasteiger partial charge in [0.25, 0.3) is 0 Å². The Balaban J connectivity index is 2.46. The van der Waals surface area contributed by atoms with Crippen LogP contribution in [0.5, 0.6) is 0 Å². The summed E-state index contributed by atoms with van der Waals surface area (Å²) in [5.74, 6) is -0.752. The molecule has 2 rings (SSSR count). The van der Waals surface area contributed by atoms with Crippen molar-refractivity contribution in [3.63, 3.8) is 0 Å². The van der Waals surface area contributed by atoms with Crippen LogP contribution in [0.4, 0.5) is 0 Å². The van der Waals surface area contributed by atoms with E-state index in [0.717, 1.165) is 4.68 Å². The highest BCUT2D eigenvalue weighted by atomic mass is 35.5. The van der Waals surface area contributed by atoms with Crippen LogP contribution in [0.2, 0.25) is 10.0 Å². The van der Waals surface area contributed by atoms with Crippen LogP contribution < -0.4 is 0 Å². The fraction of sp³-hybridized carbons (Fsp3) is 0.111. The molecule has 1 heterocycles. The minimum atomic E-state index is -1.04. The maximum atomic E-state index is 10.6. The number of hydrogen-bond donors (Lipinski definition) is 1. The summed E-state index contributed by atoms with van der Waals surface area (Å²) in [5.41, 5.74) is 0.530. The fourth-order valence-corrected chi connectivity index (χ4v) is 1.80. The van der Waals surface area contributed by atoms with Gasteiger partial charge in [-0.3, -0.25) is 4.79 Å². The first-order valence-electron chi connectivity index (χ1n) is 4.51. The second-order valence-electron chi connectivity index (χ2n) is 3.18. The molecule has 0 aliphatic carbocycles. The summed E-state index contributed by atoms with van der Waals surface area (Å²) in [6.07, 6.45) is 0. The molecule has 2 aromatic rings. The summed E-state index contributed by atoms with van der Waals surface area (Å²) in [5, 5.41) is 20.3. The third kappa shape index (κ3) is 2.54. The monoisotopic (exact) mass is 272 g/mol. The van der Waals surface area contributed by atoms with Crippen LogP contribution in [0.3, 0.4) is 0 Å². The molecule has 1 aromatic heterocycles. The number of rotatable bonds is 3. The van der Waals surface area contributed by atoms with Gasteiger partial charge in [-0.15, -0.1) is 5.10 Å². The van der Waals surface area contributed by atoms with Gasteiger partial charge in [-0.1, -0.05) is 23.2 Å². The lowest BCUT2D eigenvalue weighted by atomic mass is 10.2. The Morgan fingerprint density at radius 2 is 2.18 bits per heavy atom. The molecule has 0 spiro atoms. The van der Waals surface area contributed by atoms with Crippen molar-refractivity contribution in [3.8, 4) is 11.4 Å². The van der Waals surface area contributed by atoms with Crippen LogP contribution in [0.25, 0.3) is 11.4 Å². The Morgan fingerprint density at radius 1 is 1.41 bits per heavy atom. The Morgan fingerprint density at radius 3 is 2.82 bits per heavy atom. The summed E-state index contributed by atoms with van der Waals surface area (Å²) in [4.78, 5) is 10.6. The SMILES string of the molecule is O=C(O)Cn1nnnc1-c1ccc(Cl)cc1Cl. The number of carbonyl (C=O) groups is 1. The van der Waals surface area contributed by atoms with Gasteiger partial charge in [-0.2, -0.15) is 0 Å². The first-order valence-corrected chi connectivity index (χ1v) is 5.27. The van der Waals surface area contributed by atoms with E-state index in [-0.39, 0.29) is 12.4 Å². The maximum Gasteiger partial charge on any atom is 0.325 e. The molecule has 0 unspecified atom stereocenters. The number of carboxylic acid groups (broad SMARTS) is 1. The Labute approximate surface area is 106 Å². The molecule has 0 bridgehead atoms. The Bertz CT molecular complexity index is 570. The lowest BCUT2D eigenvalue weighted by Gasteiger charge is -2.04. The zero-order valence-electron chi connectivity index (χ0n) is 8.34. The Hall–Kier alpha value is -1.66. The topological polar surface area (TPSA) is 80.9 Å². The van der Waals surface area contributed by atoms with Crippen LogP contribution in [0.15, 0.2) is 18.2 Å². The van der Waals surface area contributed by atoms with Gasteiger partial charge in [0, 0.05) is 10.6 Å². The van der Waals surface area contributed by atoms with E-state index in [4.69, 9.17) is 28.3 Å². The fourth-order valence-electron chi connectivity index (χ4n) is 1.30. The zero-order chi connectivity index (χ0) is 12.4. The lowest BCUT2D eigenvalue weighted by Crippen LogP contribution is -2.11. The predicted octanol–water partition coefficient (Wildman–Crippen LogP) is 1.73. The second kappa shape index (κ2) is 4.68. The van der Waals surface area contributed by atoms with Crippen molar-refractivity contribution in [2.75, 3.05) is 0 Å². The minimum absolute atomic E-state index is 0.286. The summed E-state index contributed by atoms with van der Waals surface area (Å²) in [7, 11) is 0. The number of aromatic nitrogens is 4. The number of benzene rings is 1. The quantitative estimate of drug-likeness (QED) is 0.921. The maximum absolute atomic E-state index is 10.6. The van der Waals surface area contributed by atoms with Crippen LogP contribution in [0.1, 0.15) is 0 Å². The smallest absolute Gasteiger partial charge is 0.325 e. The molecular formula is C9H6Cl2N4O2. The summed E-state index contributed by atoms with van der Waals surface area (Å²) >= 11 is 11.8. The highest BCUT2D eigenvalue weighted by Crippen LogP contribution is 2.28. The van der Waals surface area contributed by atoms with E-state index in [1.807, 2.05) is 0 Å². The van der Waals surface area contributed by atoms with Gasteiger partial charge in [-0.05, 0) is 28.6 Å². The highest BCUT2D eigenvalue weighted by Gasteiger charge is 2.14. The van der Waals surface area contributed by atoms with Crippen molar-refractivity contribution < 1.29 is 9.90 Å². The van der Waals surface area contributed by atoms with E-state index in [1.165, 1.54) is 6.07 Å². The minimum Gasteiger partial charge on any atom is -0.480 e. The number of hydrogen-bond acceptors (Lipinski definition) is 4. The second-order valence-corrected chi connectivity index (χ2v) is 4.02. The van der Waals surface area contributed by atoms with Crippen molar-refractivity contribution >= 4 is 29.2 Å². The molecular weight excluding hydrogens is 267 g/mol. The molecule has 0 atom stereocenters. The van der Waals surface area contributed by atoms with E-state index >= 15 is 0 Å². The number of halogens is 2. The van der Waals surface area contributed by atoms with E-state index in [0.29, 0.717) is 15.6 Å². The molecule has 17 heavy (non-hydrogen) atoms. The normalized spacial score (nSPS) is 10.5. The number of aliphatic carboxylic acids is 1. The highest BCUT2D eigenvalue weighted by molar-refractivity contribution is 6.36. The van der Waals surface area contributed by atoms with Crippen molar-refractivity contribution in [2.24, 2.45) is 0 Å². The van der Waals surface area contributed by atoms with Gasteiger partial charge >= 0.3 is 5.97 Å². The third-order valence-electron chi connectivity index (χ3n) is 1.99. The van der Waals surface area contributed by atoms with E-state index < -0.39 is 5.97 Å². The number of carboxylic acids is 1. The number of tetrazole rings is 1. The van der Waals surface area contributed by atoms with Gasteiger partial charge < -0.3 is 5.11 Å². The van der Waals surface area contributed by atoms with E-state index in [2.05, 4.69) is 15.5 Å². The molecule has 0 fully saturated rings. The third-order valence-corrected chi connectivity index (χ3v) is 2.54. The van der Waals surface area contributed by atoms with Gasteiger partial charge in [0.15, 0.2) is 5.82 Å². The standard InChI is InChI=1S/C9H6Cl2N4O2/c10-5-1-2-6(7(11)3-5)9-12-13-14-15(9)4-8(16)17/h1-3H,4H2,(H,16,17). The molecule has 0 amide bonds. The predicted molar refractivity (Wildman–Crippen MR) is 60.9 cm³/mol. The first-order chi connectivity index (χ1) is 8.08. The summed E-state index contributed by atoms with van der Waals surface area (Å²) in [6.45, 7) is -0.332. The largest absolute Gasteiger partial charge is 0.480 e. The van der Waals surface area contributed by atoms with Crippen LogP contribution in [-0.2, 0) is 11.3 Å². The lowest BCUT2D eigenvalue weighted by molar-refractivity contribution is -0.137. The summed E-state index contributed by atoms with van der Waals surface area (Å²) < 4.78 is 1.15. The van der Waals surface area contributed by atoms with Crippen molar-refractivity contribution in [2.45, 2.75) is 6.54 Å². The molecule has 1 N–H and O–H groups in total. The van der Waals surface area contributed by atoms with Crippen LogP contribution in [0, 0.1) is 0 Å². The average molecular weight is 273 g/mol. The molecule has 8 heteroatoms. The van der Waals surface area contributed by atoms with Gasteiger partial charge in [0.2, 0.25) is 0 Å². The van der Waals surface area contributed by atoms with Crippen molar-refractivity contribution in [1.29, 1.82) is 0 Å². The molecule has 0 radical (unpaired) electrons. The Kier molecular flexibility index (Phi) is 3.26. The molecule has 88 valence electrons.